The maximum Gasteiger partial charge on any atom is -0.0244 e. The van der Waals surface area contributed by atoms with Crippen molar-refractivity contribution in [2.45, 2.75) is 26.2 Å². The van der Waals surface area contributed by atoms with Crippen LogP contribution < -0.4 is 0 Å². The van der Waals surface area contributed by atoms with Crippen molar-refractivity contribution < 1.29 is 0 Å². The van der Waals surface area contributed by atoms with Gasteiger partial charge in [-0.25, -0.2) is 0 Å². The van der Waals surface area contributed by atoms with Crippen molar-refractivity contribution in [3.05, 3.63) is 36.0 Å². The van der Waals surface area contributed by atoms with Gasteiger partial charge in [-0.1, -0.05) is 37.3 Å². The molecule has 0 aromatic heterocycles. The van der Waals surface area contributed by atoms with Crippen molar-refractivity contribution in [2.75, 3.05) is 0 Å². The maximum absolute atomic E-state index is 2.23. The average molecular weight is 134 g/mol. The summed E-state index contributed by atoms with van der Waals surface area (Å²) in [4.78, 5) is 0. The monoisotopic (exact) mass is 134 g/mol. The van der Waals surface area contributed by atoms with Gasteiger partial charge in [-0.3, -0.25) is 0 Å². The number of hydrogen-bond donors (Lipinski definition) is 0. The Morgan fingerprint density at radius 1 is 1.60 bits per heavy atom. The van der Waals surface area contributed by atoms with E-state index in [2.05, 4.69) is 37.3 Å². The summed E-state index contributed by atoms with van der Waals surface area (Å²) in [6.45, 7) is 2.16. The number of rotatable bonds is 2. The van der Waals surface area contributed by atoms with E-state index >= 15 is 0 Å². The maximum atomic E-state index is 2.23. The first-order valence-electron chi connectivity index (χ1n) is 3.95. The second-order valence-corrected chi connectivity index (χ2v) is 2.52. The first kappa shape index (κ1) is 7.33. The highest BCUT2D eigenvalue weighted by Crippen LogP contribution is 2.12. The predicted molar refractivity (Wildman–Crippen MR) is 45.9 cm³/mol. The lowest BCUT2D eigenvalue weighted by molar-refractivity contribution is 0.987. The van der Waals surface area contributed by atoms with E-state index in [-0.39, 0.29) is 0 Å². The zero-order chi connectivity index (χ0) is 7.23. The Labute approximate surface area is 62.9 Å². The van der Waals surface area contributed by atoms with Gasteiger partial charge < -0.3 is 0 Å². The first-order chi connectivity index (χ1) is 4.93. The first-order valence-corrected chi connectivity index (χ1v) is 3.95. The van der Waals surface area contributed by atoms with Gasteiger partial charge >= 0.3 is 0 Å². The van der Waals surface area contributed by atoms with Crippen LogP contribution in [0.4, 0.5) is 0 Å². The van der Waals surface area contributed by atoms with Crippen LogP contribution in [0.1, 0.15) is 26.2 Å². The lowest BCUT2D eigenvalue weighted by Crippen LogP contribution is -1.81. The van der Waals surface area contributed by atoms with Crippen LogP contribution in [0.2, 0.25) is 0 Å². The van der Waals surface area contributed by atoms with Crippen LogP contribution in [-0.4, -0.2) is 0 Å². The van der Waals surface area contributed by atoms with Crippen molar-refractivity contribution in [3.63, 3.8) is 0 Å². The molecule has 54 valence electrons. The van der Waals surface area contributed by atoms with Crippen molar-refractivity contribution in [1.29, 1.82) is 0 Å². The third-order valence-electron chi connectivity index (χ3n) is 1.61. The van der Waals surface area contributed by atoms with E-state index in [9.17, 15) is 0 Å². The summed E-state index contributed by atoms with van der Waals surface area (Å²) in [5, 5.41) is 0. The molecule has 10 heavy (non-hydrogen) atoms. The fourth-order valence-electron chi connectivity index (χ4n) is 1.03. The van der Waals surface area contributed by atoms with Gasteiger partial charge in [-0.05, 0) is 24.8 Å². The molecule has 0 saturated carbocycles. The molecule has 0 amide bonds. The summed E-state index contributed by atoms with van der Waals surface area (Å²) >= 11 is 0. The van der Waals surface area contributed by atoms with E-state index in [1.54, 1.807) is 0 Å². The van der Waals surface area contributed by atoms with Crippen LogP contribution in [0.5, 0.6) is 0 Å². The molecule has 0 heteroatoms. The molecule has 0 bridgehead atoms. The number of allylic oxidation sites excluding steroid dienone is 6. The molecule has 0 spiro atoms. The smallest absolute Gasteiger partial charge is 0.0244 e. The van der Waals surface area contributed by atoms with Crippen molar-refractivity contribution in [3.8, 4) is 0 Å². The summed E-state index contributed by atoms with van der Waals surface area (Å²) in [6.07, 6.45) is 14.5. The Balaban J connectivity index is 2.47. The molecule has 0 aliphatic heterocycles. The minimum absolute atomic E-state index is 1.14. The second kappa shape index (κ2) is 4.10. The molecule has 1 rings (SSSR count). The lowest BCUT2D eigenvalue weighted by atomic mass is 10.0. The molecule has 0 aromatic carbocycles. The average Bonchev–Trinajstić information content (AvgIpc) is 2.03. The Morgan fingerprint density at radius 3 is 3.10 bits per heavy atom. The standard InChI is InChI=1S/C10H14/c1-2-3-7-10-8-5-4-6-9-10/h3-5,7-8H,2,6,9H2,1H3/b7-3-. The SMILES string of the molecule is CC/C=C\C1=CC=CCC1. The summed E-state index contributed by atoms with van der Waals surface area (Å²) in [5.74, 6) is 0. The normalized spacial score (nSPS) is 17.9. The second-order valence-electron chi connectivity index (χ2n) is 2.52. The Hall–Kier alpha value is -0.780. The van der Waals surface area contributed by atoms with Gasteiger partial charge in [0.15, 0.2) is 0 Å². The Morgan fingerprint density at radius 2 is 2.50 bits per heavy atom. The van der Waals surface area contributed by atoms with Crippen LogP contribution in [0.25, 0.3) is 0 Å². The Bertz CT molecular complexity index is 170. The molecule has 0 radical (unpaired) electrons. The van der Waals surface area contributed by atoms with Crippen LogP contribution in [0, 0.1) is 0 Å². The molecule has 0 unspecified atom stereocenters. The quantitative estimate of drug-likeness (QED) is 0.544. The van der Waals surface area contributed by atoms with E-state index in [0.717, 1.165) is 6.42 Å². The van der Waals surface area contributed by atoms with E-state index in [1.165, 1.54) is 18.4 Å². The van der Waals surface area contributed by atoms with E-state index in [1.807, 2.05) is 0 Å². The predicted octanol–water partition coefficient (Wildman–Crippen LogP) is 3.23. The molecular weight excluding hydrogens is 120 g/mol. The third-order valence-corrected chi connectivity index (χ3v) is 1.61. The third kappa shape index (κ3) is 2.22. The van der Waals surface area contributed by atoms with Gasteiger partial charge in [-0.15, -0.1) is 0 Å². The van der Waals surface area contributed by atoms with Gasteiger partial charge in [0.25, 0.3) is 0 Å². The fourth-order valence-corrected chi connectivity index (χ4v) is 1.03. The van der Waals surface area contributed by atoms with Gasteiger partial charge in [-0.2, -0.15) is 0 Å². The molecule has 0 nitrogen and oxygen atoms in total. The summed E-state index contributed by atoms with van der Waals surface area (Å²) in [7, 11) is 0. The largest absolute Gasteiger partial charge is 0.0845 e. The van der Waals surface area contributed by atoms with Gasteiger partial charge in [0, 0.05) is 0 Å². The molecular formula is C10H14. The molecule has 0 atom stereocenters. The van der Waals surface area contributed by atoms with Gasteiger partial charge in [0.2, 0.25) is 0 Å². The molecule has 1 aliphatic rings. The summed E-state index contributed by atoms with van der Waals surface area (Å²) in [6, 6.07) is 0. The van der Waals surface area contributed by atoms with E-state index < -0.39 is 0 Å². The van der Waals surface area contributed by atoms with Crippen LogP contribution in [-0.2, 0) is 0 Å². The van der Waals surface area contributed by atoms with Crippen LogP contribution in [0.15, 0.2) is 36.0 Å². The van der Waals surface area contributed by atoms with E-state index in [0.29, 0.717) is 0 Å². The molecule has 1 aliphatic carbocycles. The van der Waals surface area contributed by atoms with Crippen LogP contribution in [0.3, 0.4) is 0 Å². The fraction of sp³-hybridized carbons (Fsp3) is 0.400. The van der Waals surface area contributed by atoms with Gasteiger partial charge in [0.05, 0.1) is 0 Å². The summed E-state index contributed by atoms with van der Waals surface area (Å²) < 4.78 is 0. The van der Waals surface area contributed by atoms with Crippen molar-refractivity contribution in [1.82, 2.24) is 0 Å². The minimum atomic E-state index is 1.14. The number of hydrogen-bond acceptors (Lipinski definition) is 0. The zero-order valence-corrected chi connectivity index (χ0v) is 6.51. The topological polar surface area (TPSA) is 0 Å². The Kier molecular flexibility index (Phi) is 3.01. The van der Waals surface area contributed by atoms with Crippen molar-refractivity contribution in [2.24, 2.45) is 0 Å². The van der Waals surface area contributed by atoms with Gasteiger partial charge in [0.1, 0.15) is 0 Å². The molecule has 0 N–H and O–H groups in total. The zero-order valence-electron chi connectivity index (χ0n) is 6.51. The lowest BCUT2D eigenvalue weighted by Gasteiger charge is -2.01. The highest BCUT2D eigenvalue weighted by molar-refractivity contribution is 5.26. The molecule has 0 heterocycles. The summed E-state index contributed by atoms with van der Waals surface area (Å²) in [5.41, 5.74) is 1.46. The molecule has 0 fully saturated rings. The molecule has 0 saturated heterocycles. The highest BCUT2D eigenvalue weighted by atomic mass is 14.0. The molecule has 0 aromatic rings. The van der Waals surface area contributed by atoms with E-state index in [4.69, 9.17) is 0 Å². The van der Waals surface area contributed by atoms with Crippen molar-refractivity contribution >= 4 is 0 Å². The minimum Gasteiger partial charge on any atom is -0.0845 e. The highest BCUT2D eigenvalue weighted by Gasteiger charge is 1.92. The van der Waals surface area contributed by atoms with Crippen LogP contribution >= 0.6 is 0 Å².